The average molecular weight is 538 g/mol. The van der Waals surface area contributed by atoms with Gasteiger partial charge in [-0.1, -0.05) is 0 Å². The number of aromatic hydroxyl groups is 1. The number of nitrogens with zero attached hydrogens (tertiary/aromatic N) is 2. The molecule has 2 aromatic rings. The van der Waals surface area contributed by atoms with Gasteiger partial charge in [0.1, 0.15) is 24.2 Å². The van der Waals surface area contributed by atoms with E-state index in [0.717, 1.165) is 46.7 Å². The number of amides is 1. The summed E-state index contributed by atoms with van der Waals surface area (Å²) in [5.74, 6) is 0.281. The van der Waals surface area contributed by atoms with Crippen LogP contribution in [-0.4, -0.2) is 61.4 Å². The van der Waals surface area contributed by atoms with Gasteiger partial charge in [-0.05, 0) is 72.0 Å². The Morgan fingerprint density at radius 3 is 2.55 bits per heavy atom. The van der Waals surface area contributed by atoms with E-state index in [1.807, 2.05) is 42.2 Å². The number of benzene rings is 2. The summed E-state index contributed by atoms with van der Waals surface area (Å²) < 4.78 is 18.9. The van der Waals surface area contributed by atoms with Crippen LogP contribution >= 0.6 is 22.6 Å². The monoisotopic (exact) mass is 538 g/mol. The summed E-state index contributed by atoms with van der Waals surface area (Å²) in [7, 11) is 0. The SMILES string of the molecule is CC(=O)N1CCN(c2ccc(OCC3COC(C)(c4ccc(O)cc4I)O3)cc2)CC1. The summed E-state index contributed by atoms with van der Waals surface area (Å²) in [6.45, 7) is 7.52. The average Bonchev–Trinajstić information content (AvgIpc) is 3.14. The van der Waals surface area contributed by atoms with Gasteiger partial charge in [0.2, 0.25) is 5.91 Å². The molecule has 166 valence electrons. The van der Waals surface area contributed by atoms with Crippen LogP contribution in [0.4, 0.5) is 5.69 Å². The highest BCUT2D eigenvalue weighted by atomic mass is 127. The van der Waals surface area contributed by atoms with Crippen molar-refractivity contribution in [3.8, 4) is 11.5 Å². The minimum absolute atomic E-state index is 0.137. The number of carbonyl (C=O) groups excluding carboxylic acids is 1. The van der Waals surface area contributed by atoms with E-state index in [4.69, 9.17) is 14.2 Å². The lowest BCUT2D eigenvalue weighted by atomic mass is 10.1. The lowest BCUT2D eigenvalue weighted by molar-refractivity contribution is -0.165. The van der Waals surface area contributed by atoms with Crippen molar-refractivity contribution >= 4 is 34.2 Å². The van der Waals surface area contributed by atoms with Gasteiger partial charge in [0.25, 0.3) is 0 Å². The van der Waals surface area contributed by atoms with E-state index in [1.165, 1.54) is 0 Å². The maximum absolute atomic E-state index is 11.5. The van der Waals surface area contributed by atoms with Gasteiger partial charge in [0, 0.05) is 47.9 Å². The van der Waals surface area contributed by atoms with Gasteiger partial charge in [0.05, 0.1) is 6.61 Å². The molecular weight excluding hydrogens is 511 g/mol. The number of rotatable bonds is 5. The van der Waals surface area contributed by atoms with Crippen LogP contribution in [0.1, 0.15) is 19.4 Å². The zero-order chi connectivity index (χ0) is 22.0. The molecule has 0 bridgehead atoms. The largest absolute Gasteiger partial charge is 0.508 e. The molecule has 31 heavy (non-hydrogen) atoms. The number of phenols is 1. The maximum atomic E-state index is 11.5. The summed E-state index contributed by atoms with van der Waals surface area (Å²) in [6.07, 6.45) is -0.186. The van der Waals surface area contributed by atoms with Crippen LogP contribution in [0.2, 0.25) is 0 Å². The Morgan fingerprint density at radius 1 is 1.19 bits per heavy atom. The van der Waals surface area contributed by atoms with Crippen LogP contribution in [0.3, 0.4) is 0 Å². The molecule has 7 nitrogen and oxygen atoms in total. The first-order valence-electron chi connectivity index (χ1n) is 10.4. The Morgan fingerprint density at radius 2 is 1.90 bits per heavy atom. The van der Waals surface area contributed by atoms with Gasteiger partial charge in [0.15, 0.2) is 5.79 Å². The number of carbonyl (C=O) groups is 1. The topological polar surface area (TPSA) is 71.5 Å². The summed E-state index contributed by atoms with van der Waals surface area (Å²) >= 11 is 2.17. The highest BCUT2D eigenvalue weighted by Gasteiger charge is 2.40. The molecule has 8 heteroatoms. The van der Waals surface area contributed by atoms with Crippen molar-refractivity contribution in [2.75, 3.05) is 44.3 Å². The van der Waals surface area contributed by atoms with Gasteiger partial charge in [-0.3, -0.25) is 4.79 Å². The summed E-state index contributed by atoms with van der Waals surface area (Å²) in [4.78, 5) is 15.6. The van der Waals surface area contributed by atoms with E-state index in [2.05, 4.69) is 27.5 Å². The first-order chi connectivity index (χ1) is 14.8. The first kappa shape index (κ1) is 22.2. The number of halogens is 1. The number of piperazine rings is 1. The fourth-order valence-corrected chi connectivity index (χ4v) is 4.94. The van der Waals surface area contributed by atoms with Crippen molar-refractivity contribution < 1.29 is 24.1 Å². The zero-order valence-electron chi connectivity index (χ0n) is 17.7. The molecule has 0 radical (unpaired) electrons. The number of hydrogen-bond acceptors (Lipinski definition) is 6. The Bertz CT molecular complexity index is 930. The summed E-state index contributed by atoms with van der Waals surface area (Å²) in [6, 6.07) is 13.2. The van der Waals surface area contributed by atoms with Crippen LogP contribution in [0.15, 0.2) is 42.5 Å². The first-order valence-corrected chi connectivity index (χ1v) is 11.5. The minimum atomic E-state index is -0.857. The van der Waals surface area contributed by atoms with Gasteiger partial charge in [-0.2, -0.15) is 0 Å². The number of hydrogen-bond donors (Lipinski definition) is 1. The molecule has 1 N–H and O–H groups in total. The molecular formula is C23H27IN2O5. The third-order valence-electron chi connectivity index (χ3n) is 5.74. The minimum Gasteiger partial charge on any atom is -0.508 e. The van der Waals surface area contributed by atoms with Crippen molar-refractivity contribution in [3.63, 3.8) is 0 Å². The van der Waals surface area contributed by atoms with Crippen molar-refractivity contribution in [3.05, 3.63) is 51.6 Å². The third-order valence-corrected chi connectivity index (χ3v) is 6.63. The van der Waals surface area contributed by atoms with Crippen LogP contribution in [-0.2, 0) is 20.1 Å². The molecule has 0 spiro atoms. The molecule has 0 aliphatic carbocycles. The second kappa shape index (κ2) is 9.22. The van der Waals surface area contributed by atoms with Gasteiger partial charge in [-0.15, -0.1) is 0 Å². The van der Waals surface area contributed by atoms with Crippen molar-refractivity contribution in [1.29, 1.82) is 0 Å². The Balaban J connectivity index is 1.30. The summed E-state index contributed by atoms with van der Waals surface area (Å²) in [5.41, 5.74) is 2.02. The van der Waals surface area contributed by atoms with Gasteiger partial charge in [-0.25, -0.2) is 0 Å². The summed E-state index contributed by atoms with van der Waals surface area (Å²) in [5, 5.41) is 9.64. The molecule has 2 saturated heterocycles. The fraction of sp³-hybridized carbons (Fsp3) is 0.435. The highest BCUT2D eigenvalue weighted by molar-refractivity contribution is 14.1. The molecule has 4 rings (SSSR count). The second-order valence-electron chi connectivity index (χ2n) is 7.96. The van der Waals surface area contributed by atoms with Crippen LogP contribution in [0, 0.1) is 3.57 Å². The second-order valence-corrected chi connectivity index (χ2v) is 9.12. The molecule has 2 atom stereocenters. The van der Waals surface area contributed by atoms with Crippen LogP contribution < -0.4 is 9.64 Å². The number of anilines is 1. The number of ether oxygens (including phenoxy) is 3. The zero-order valence-corrected chi connectivity index (χ0v) is 19.9. The van der Waals surface area contributed by atoms with Crippen molar-refractivity contribution in [2.45, 2.75) is 25.7 Å². The molecule has 2 unspecified atom stereocenters. The van der Waals surface area contributed by atoms with E-state index in [0.29, 0.717) is 13.2 Å². The van der Waals surface area contributed by atoms with Crippen molar-refractivity contribution in [1.82, 2.24) is 4.90 Å². The molecule has 0 saturated carbocycles. The molecule has 0 aromatic heterocycles. The predicted octanol–water partition coefficient (Wildman–Crippen LogP) is 3.33. The molecule has 2 aliphatic rings. The molecule has 2 heterocycles. The standard InChI is InChI=1S/C23H27IN2O5/c1-16(27)25-9-11-26(12-10-25)17-3-6-19(7-4-17)29-14-20-15-30-23(2,31-20)21-8-5-18(28)13-22(21)24/h3-8,13,20,28H,9-12,14-15H2,1-2H3. The van der Waals surface area contributed by atoms with Crippen LogP contribution in [0.25, 0.3) is 0 Å². The highest BCUT2D eigenvalue weighted by Crippen LogP contribution is 2.37. The smallest absolute Gasteiger partial charge is 0.219 e. The Hall–Kier alpha value is -2.04. The van der Waals surface area contributed by atoms with E-state index < -0.39 is 5.79 Å². The molecule has 2 fully saturated rings. The number of phenolic OH excluding ortho intramolecular Hbond substituents is 1. The van der Waals surface area contributed by atoms with E-state index in [-0.39, 0.29) is 17.8 Å². The molecule has 2 aliphatic heterocycles. The van der Waals surface area contributed by atoms with E-state index in [1.54, 1.807) is 19.1 Å². The maximum Gasteiger partial charge on any atom is 0.219 e. The normalized spacial score (nSPS) is 23.8. The van der Waals surface area contributed by atoms with E-state index in [9.17, 15) is 9.90 Å². The fourth-order valence-electron chi connectivity index (χ4n) is 3.96. The van der Waals surface area contributed by atoms with Crippen molar-refractivity contribution in [2.24, 2.45) is 0 Å². The lowest BCUT2D eigenvalue weighted by Gasteiger charge is -2.35. The van der Waals surface area contributed by atoms with Gasteiger partial charge >= 0.3 is 0 Å². The quantitative estimate of drug-likeness (QED) is 0.590. The van der Waals surface area contributed by atoms with E-state index >= 15 is 0 Å². The predicted molar refractivity (Wildman–Crippen MR) is 125 cm³/mol. The Labute approximate surface area is 196 Å². The molecule has 2 aromatic carbocycles. The molecule has 1 amide bonds. The lowest BCUT2D eigenvalue weighted by Crippen LogP contribution is -2.48. The van der Waals surface area contributed by atoms with Crippen LogP contribution in [0.5, 0.6) is 11.5 Å². The third kappa shape index (κ3) is 5.07. The van der Waals surface area contributed by atoms with Gasteiger partial charge < -0.3 is 29.1 Å². The Kier molecular flexibility index (Phi) is 6.59.